The highest BCUT2D eigenvalue weighted by molar-refractivity contribution is 5.94. The number of allylic oxidation sites excluding steroid dienone is 2. The molecule has 1 fully saturated rings. The van der Waals surface area contributed by atoms with E-state index in [2.05, 4.69) is 17.5 Å². The van der Waals surface area contributed by atoms with Crippen molar-refractivity contribution in [2.24, 2.45) is 17.8 Å². The van der Waals surface area contributed by atoms with Crippen molar-refractivity contribution in [3.8, 4) is 17.2 Å². The van der Waals surface area contributed by atoms with Crippen LogP contribution in [0.15, 0.2) is 24.3 Å². The fraction of sp³-hybridized carbons (Fsp3) is 0.471. The number of nitrogens with one attached hydrogen (secondary N) is 1. The summed E-state index contributed by atoms with van der Waals surface area (Å²) in [4.78, 5) is 12.5. The second kappa shape index (κ2) is 5.91. The lowest BCUT2D eigenvalue weighted by molar-refractivity contribution is -0.120. The lowest BCUT2D eigenvalue weighted by Crippen LogP contribution is -2.25. The van der Waals surface area contributed by atoms with Gasteiger partial charge in [0, 0.05) is 23.7 Å². The number of anilines is 1. The Morgan fingerprint density at radius 1 is 1.05 bits per heavy atom. The number of benzene rings is 1. The number of ether oxygens (including phenoxy) is 3. The third-order valence-electron chi connectivity index (χ3n) is 4.55. The number of rotatable bonds is 5. The maximum Gasteiger partial charge on any atom is 0.228 e. The van der Waals surface area contributed by atoms with Crippen molar-refractivity contribution in [1.29, 1.82) is 0 Å². The molecule has 0 aliphatic heterocycles. The summed E-state index contributed by atoms with van der Waals surface area (Å²) in [5.41, 5.74) is 0.659. The Hall–Kier alpha value is -2.17. The molecule has 0 heterocycles. The fourth-order valence-corrected chi connectivity index (χ4v) is 3.47. The molecule has 0 aromatic heterocycles. The van der Waals surface area contributed by atoms with E-state index in [1.165, 1.54) is 0 Å². The summed E-state index contributed by atoms with van der Waals surface area (Å²) in [5, 5.41) is 2.98. The van der Waals surface area contributed by atoms with Crippen LogP contribution in [-0.4, -0.2) is 27.2 Å². The zero-order chi connectivity index (χ0) is 15.7. The van der Waals surface area contributed by atoms with Gasteiger partial charge in [0.15, 0.2) is 11.5 Å². The van der Waals surface area contributed by atoms with Gasteiger partial charge in [0.2, 0.25) is 11.7 Å². The van der Waals surface area contributed by atoms with Gasteiger partial charge in [-0.1, -0.05) is 12.2 Å². The van der Waals surface area contributed by atoms with Gasteiger partial charge in [-0.15, -0.1) is 0 Å². The number of fused-ring (bicyclic) bond motifs is 2. The molecule has 0 spiro atoms. The highest BCUT2D eigenvalue weighted by atomic mass is 16.5. The molecule has 2 aliphatic rings. The Kier molecular flexibility index (Phi) is 3.96. The van der Waals surface area contributed by atoms with Crippen molar-refractivity contribution in [2.75, 3.05) is 26.6 Å². The van der Waals surface area contributed by atoms with Crippen LogP contribution in [0.4, 0.5) is 5.69 Å². The normalized spacial score (nSPS) is 25.1. The van der Waals surface area contributed by atoms with Gasteiger partial charge in [-0.3, -0.25) is 4.79 Å². The Bertz CT molecular complexity index is 586. The monoisotopic (exact) mass is 303 g/mol. The molecule has 1 saturated carbocycles. The molecule has 5 heteroatoms. The fourth-order valence-electron chi connectivity index (χ4n) is 3.47. The van der Waals surface area contributed by atoms with Gasteiger partial charge in [0.05, 0.1) is 21.3 Å². The Balaban J connectivity index is 1.80. The molecule has 5 nitrogen and oxygen atoms in total. The molecule has 118 valence electrons. The highest BCUT2D eigenvalue weighted by Crippen LogP contribution is 2.44. The van der Waals surface area contributed by atoms with Gasteiger partial charge in [0.25, 0.3) is 0 Å². The summed E-state index contributed by atoms with van der Waals surface area (Å²) < 4.78 is 15.9. The van der Waals surface area contributed by atoms with Crippen LogP contribution in [0.3, 0.4) is 0 Å². The first kappa shape index (κ1) is 14.8. The molecule has 1 amide bonds. The third kappa shape index (κ3) is 2.51. The van der Waals surface area contributed by atoms with Gasteiger partial charge in [-0.05, 0) is 24.7 Å². The predicted molar refractivity (Wildman–Crippen MR) is 83.6 cm³/mol. The topological polar surface area (TPSA) is 56.8 Å². The summed E-state index contributed by atoms with van der Waals surface area (Å²) in [7, 11) is 4.67. The largest absolute Gasteiger partial charge is 0.493 e. The molecule has 2 bridgehead atoms. The van der Waals surface area contributed by atoms with Crippen LogP contribution in [0.2, 0.25) is 0 Å². The lowest BCUT2D eigenvalue weighted by atomic mass is 9.93. The van der Waals surface area contributed by atoms with E-state index < -0.39 is 0 Å². The van der Waals surface area contributed by atoms with E-state index in [1.54, 1.807) is 33.5 Å². The second-order valence-electron chi connectivity index (χ2n) is 5.79. The second-order valence-corrected chi connectivity index (χ2v) is 5.79. The van der Waals surface area contributed by atoms with E-state index in [0.717, 1.165) is 12.8 Å². The Morgan fingerprint density at radius 2 is 1.73 bits per heavy atom. The van der Waals surface area contributed by atoms with Crippen molar-refractivity contribution in [1.82, 2.24) is 0 Å². The average Bonchev–Trinajstić information content (AvgIpc) is 3.16. The molecule has 3 atom stereocenters. The zero-order valence-electron chi connectivity index (χ0n) is 13.1. The molecular formula is C17H21NO4. The molecule has 0 saturated heterocycles. The predicted octanol–water partition coefficient (Wildman–Crippen LogP) is 2.86. The summed E-state index contributed by atoms with van der Waals surface area (Å²) in [6.07, 6.45) is 6.45. The van der Waals surface area contributed by atoms with E-state index in [4.69, 9.17) is 14.2 Å². The first-order valence-corrected chi connectivity index (χ1v) is 7.45. The number of carbonyl (C=O) groups is 1. The van der Waals surface area contributed by atoms with Crippen molar-refractivity contribution >= 4 is 11.6 Å². The smallest absolute Gasteiger partial charge is 0.228 e. The van der Waals surface area contributed by atoms with Gasteiger partial charge < -0.3 is 19.5 Å². The van der Waals surface area contributed by atoms with Gasteiger partial charge in [0.1, 0.15) is 0 Å². The van der Waals surface area contributed by atoms with E-state index in [1.807, 2.05) is 0 Å². The molecule has 0 unspecified atom stereocenters. The molecule has 22 heavy (non-hydrogen) atoms. The maximum atomic E-state index is 12.5. The summed E-state index contributed by atoms with van der Waals surface area (Å²) >= 11 is 0. The van der Waals surface area contributed by atoms with Crippen LogP contribution in [0.5, 0.6) is 17.2 Å². The first-order chi connectivity index (χ1) is 10.7. The summed E-state index contributed by atoms with van der Waals surface area (Å²) in [5.74, 6) is 2.66. The lowest BCUT2D eigenvalue weighted by Gasteiger charge is -2.19. The SMILES string of the molecule is COc1cc(NC(=O)[C@@H]2C[C@@H]3C=C[C@H]2C3)cc(OC)c1OC. The van der Waals surface area contributed by atoms with Crippen molar-refractivity contribution in [3.63, 3.8) is 0 Å². The molecule has 0 radical (unpaired) electrons. The van der Waals surface area contributed by atoms with Gasteiger partial charge in [-0.2, -0.15) is 0 Å². The maximum absolute atomic E-state index is 12.5. The van der Waals surface area contributed by atoms with Crippen LogP contribution in [0.1, 0.15) is 12.8 Å². The number of hydrogen-bond acceptors (Lipinski definition) is 4. The summed E-state index contributed by atoms with van der Waals surface area (Å²) in [6, 6.07) is 3.50. The first-order valence-electron chi connectivity index (χ1n) is 7.45. The Morgan fingerprint density at radius 3 is 2.18 bits per heavy atom. The van der Waals surface area contributed by atoms with Crippen LogP contribution < -0.4 is 19.5 Å². The van der Waals surface area contributed by atoms with Crippen molar-refractivity contribution in [3.05, 3.63) is 24.3 Å². The number of methoxy groups -OCH3 is 3. The number of amides is 1. The van der Waals surface area contributed by atoms with Crippen molar-refractivity contribution in [2.45, 2.75) is 12.8 Å². The van der Waals surface area contributed by atoms with E-state index >= 15 is 0 Å². The number of carbonyl (C=O) groups excluding carboxylic acids is 1. The summed E-state index contributed by atoms with van der Waals surface area (Å²) in [6.45, 7) is 0. The van der Waals surface area contributed by atoms with Gasteiger partial charge in [-0.25, -0.2) is 0 Å². The molecular weight excluding hydrogens is 282 g/mol. The van der Waals surface area contributed by atoms with E-state index in [9.17, 15) is 4.79 Å². The molecule has 1 aromatic carbocycles. The van der Waals surface area contributed by atoms with Crippen LogP contribution >= 0.6 is 0 Å². The van der Waals surface area contributed by atoms with Gasteiger partial charge >= 0.3 is 0 Å². The van der Waals surface area contributed by atoms with E-state index in [-0.39, 0.29) is 11.8 Å². The van der Waals surface area contributed by atoms with Crippen LogP contribution in [0, 0.1) is 17.8 Å². The Labute approximate surface area is 130 Å². The van der Waals surface area contributed by atoms with Crippen molar-refractivity contribution < 1.29 is 19.0 Å². The number of hydrogen-bond donors (Lipinski definition) is 1. The minimum atomic E-state index is 0.0612. The van der Waals surface area contributed by atoms with Crippen LogP contribution in [-0.2, 0) is 4.79 Å². The molecule has 3 rings (SSSR count). The minimum absolute atomic E-state index is 0.0612. The quantitative estimate of drug-likeness (QED) is 0.850. The van der Waals surface area contributed by atoms with Crippen LogP contribution in [0.25, 0.3) is 0 Å². The third-order valence-corrected chi connectivity index (χ3v) is 4.55. The minimum Gasteiger partial charge on any atom is -0.493 e. The molecule has 1 N–H and O–H groups in total. The van der Waals surface area contributed by atoms with E-state index in [0.29, 0.717) is 34.8 Å². The molecule has 2 aliphatic carbocycles. The molecule has 1 aromatic rings. The zero-order valence-corrected chi connectivity index (χ0v) is 13.1. The standard InChI is InChI=1S/C17H21NO4/c1-20-14-8-12(9-15(21-2)16(14)22-3)18-17(19)13-7-10-4-5-11(13)6-10/h4-5,8-11,13H,6-7H2,1-3H3,(H,18,19)/t10-,11+,13-/m1/s1. The average molecular weight is 303 g/mol. The highest BCUT2D eigenvalue weighted by Gasteiger charge is 2.39.